The Labute approximate surface area is 178 Å². The van der Waals surface area contributed by atoms with Crippen molar-refractivity contribution in [3.63, 3.8) is 0 Å². The van der Waals surface area contributed by atoms with Gasteiger partial charge in [0.15, 0.2) is 0 Å². The Bertz CT molecular complexity index is 985. The molecule has 3 aromatic rings. The number of methoxy groups -OCH3 is 1. The Morgan fingerprint density at radius 3 is 2.89 bits per heavy atom. The standard InChI is InChI=1S/C19H18N4O2S.HI/c1-25-18(24)14-6-4-5-13(9-14)10-21-19(20)23-22-11-15-12-26-17-8-3-2-7-16(15)17;/h2-9,11-12H,10H2,1H3,(H3,20,21,23);1H/b22-11+;. The molecule has 27 heavy (non-hydrogen) atoms. The fourth-order valence-electron chi connectivity index (χ4n) is 2.41. The Kier molecular flexibility index (Phi) is 7.74. The van der Waals surface area contributed by atoms with Gasteiger partial charge >= 0.3 is 5.97 Å². The number of halogens is 1. The molecule has 0 saturated carbocycles. The number of nitrogens with two attached hydrogens (primary N) is 1. The third-order valence-electron chi connectivity index (χ3n) is 3.69. The molecule has 3 rings (SSSR count). The van der Waals surface area contributed by atoms with Crippen LogP contribution < -0.4 is 11.1 Å². The molecule has 1 aromatic heterocycles. The number of benzene rings is 2. The lowest BCUT2D eigenvalue weighted by Gasteiger charge is -2.06. The molecule has 8 heteroatoms. The quantitative estimate of drug-likeness (QED) is 0.186. The lowest BCUT2D eigenvalue weighted by molar-refractivity contribution is 0.0600. The largest absolute Gasteiger partial charge is 0.465 e. The Balaban J connectivity index is 0.00000261. The Morgan fingerprint density at radius 1 is 1.26 bits per heavy atom. The third kappa shape index (κ3) is 5.51. The van der Waals surface area contributed by atoms with Crippen molar-refractivity contribution in [3.05, 3.63) is 70.6 Å². The molecule has 140 valence electrons. The summed E-state index contributed by atoms with van der Waals surface area (Å²) in [5.41, 5.74) is 8.22. The van der Waals surface area contributed by atoms with Gasteiger partial charge in [-0.1, -0.05) is 30.3 Å². The van der Waals surface area contributed by atoms with Gasteiger partial charge in [-0.3, -0.25) is 0 Å². The molecule has 0 fully saturated rings. The first-order valence-corrected chi connectivity index (χ1v) is 8.79. The number of nitrogens with one attached hydrogen (secondary N) is 1. The van der Waals surface area contributed by atoms with Crippen LogP contribution in [0.25, 0.3) is 10.1 Å². The van der Waals surface area contributed by atoms with Crippen molar-refractivity contribution in [1.82, 2.24) is 5.32 Å². The summed E-state index contributed by atoms with van der Waals surface area (Å²) >= 11 is 1.66. The van der Waals surface area contributed by atoms with Crippen molar-refractivity contribution in [2.24, 2.45) is 15.9 Å². The summed E-state index contributed by atoms with van der Waals surface area (Å²) in [6, 6.07) is 15.2. The van der Waals surface area contributed by atoms with Crippen molar-refractivity contribution in [2.45, 2.75) is 6.54 Å². The average molecular weight is 494 g/mol. The van der Waals surface area contributed by atoms with Crippen LogP contribution in [0, 0.1) is 0 Å². The maximum Gasteiger partial charge on any atom is 0.337 e. The van der Waals surface area contributed by atoms with E-state index in [0.29, 0.717) is 12.1 Å². The molecule has 6 nitrogen and oxygen atoms in total. The smallest absolute Gasteiger partial charge is 0.337 e. The molecule has 1 heterocycles. The third-order valence-corrected chi connectivity index (χ3v) is 4.68. The summed E-state index contributed by atoms with van der Waals surface area (Å²) in [6.07, 6.45) is 1.69. The van der Waals surface area contributed by atoms with E-state index in [1.165, 1.54) is 11.8 Å². The number of guanidine groups is 1. The molecule has 0 aliphatic heterocycles. The van der Waals surface area contributed by atoms with E-state index in [9.17, 15) is 4.79 Å². The number of thiophene rings is 1. The van der Waals surface area contributed by atoms with Crippen LogP contribution in [0.4, 0.5) is 0 Å². The highest BCUT2D eigenvalue weighted by molar-refractivity contribution is 14.0. The first-order chi connectivity index (χ1) is 12.7. The molecular formula is C19H19IN4O2S. The molecular weight excluding hydrogens is 475 g/mol. The normalized spacial score (nSPS) is 11.4. The second-order valence-electron chi connectivity index (χ2n) is 5.46. The number of esters is 1. The second kappa shape index (κ2) is 10.0. The molecule has 0 radical (unpaired) electrons. The molecule has 0 spiro atoms. The van der Waals surface area contributed by atoms with Crippen molar-refractivity contribution in [1.29, 1.82) is 0 Å². The van der Waals surface area contributed by atoms with E-state index in [0.717, 1.165) is 16.5 Å². The number of rotatable bonds is 5. The van der Waals surface area contributed by atoms with Gasteiger partial charge < -0.3 is 15.8 Å². The molecule has 3 N–H and O–H groups in total. The summed E-state index contributed by atoms with van der Waals surface area (Å²) in [6.45, 7) is 0.428. The van der Waals surface area contributed by atoms with Crippen LogP contribution in [0.15, 0.2) is 64.1 Å². The summed E-state index contributed by atoms with van der Waals surface area (Å²) < 4.78 is 5.91. The number of nitrogens with zero attached hydrogens (tertiary/aromatic N) is 2. The molecule has 0 aliphatic rings. The van der Waals surface area contributed by atoms with E-state index in [2.05, 4.69) is 21.6 Å². The fraction of sp³-hybridized carbons (Fsp3) is 0.105. The van der Waals surface area contributed by atoms with Gasteiger partial charge in [0.25, 0.3) is 0 Å². The van der Waals surface area contributed by atoms with Crippen LogP contribution in [-0.4, -0.2) is 25.3 Å². The minimum Gasteiger partial charge on any atom is -0.465 e. The van der Waals surface area contributed by atoms with Crippen molar-refractivity contribution >= 4 is 63.5 Å². The fourth-order valence-corrected chi connectivity index (χ4v) is 3.32. The van der Waals surface area contributed by atoms with E-state index < -0.39 is 0 Å². The molecule has 0 bridgehead atoms. The predicted octanol–water partition coefficient (Wildman–Crippen LogP) is 3.74. The van der Waals surface area contributed by atoms with E-state index >= 15 is 0 Å². The zero-order valence-electron chi connectivity index (χ0n) is 14.6. The number of carbonyl (C=O) groups is 1. The van der Waals surface area contributed by atoms with Gasteiger partial charge in [-0.15, -0.1) is 40.4 Å². The van der Waals surface area contributed by atoms with Gasteiger partial charge in [-0.05, 0) is 23.8 Å². The zero-order valence-corrected chi connectivity index (χ0v) is 17.7. The van der Waals surface area contributed by atoms with E-state index in [1.807, 2.05) is 29.6 Å². The molecule has 0 amide bonds. The van der Waals surface area contributed by atoms with Gasteiger partial charge in [0.05, 0.1) is 18.9 Å². The summed E-state index contributed by atoms with van der Waals surface area (Å²) in [7, 11) is 1.35. The van der Waals surface area contributed by atoms with Crippen LogP contribution in [0.3, 0.4) is 0 Å². The van der Waals surface area contributed by atoms with Crippen LogP contribution in [0.5, 0.6) is 0 Å². The molecule has 2 aromatic carbocycles. The average Bonchev–Trinajstić information content (AvgIpc) is 3.09. The van der Waals surface area contributed by atoms with Gasteiger partial charge in [-0.25, -0.2) is 4.79 Å². The SMILES string of the molecule is COC(=O)c1cccc(CN/C(N)=N/N=C/c2csc3ccccc23)c1.I. The molecule has 0 atom stereocenters. The van der Waals surface area contributed by atoms with E-state index in [-0.39, 0.29) is 35.9 Å². The Hall–Kier alpha value is -2.46. The first kappa shape index (κ1) is 20.8. The van der Waals surface area contributed by atoms with Crippen LogP contribution in [0.2, 0.25) is 0 Å². The highest BCUT2D eigenvalue weighted by atomic mass is 127. The van der Waals surface area contributed by atoms with Crippen molar-refractivity contribution in [3.8, 4) is 0 Å². The van der Waals surface area contributed by atoms with Gasteiger partial charge in [0.2, 0.25) is 5.96 Å². The first-order valence-electron chi connectivity index (χ1n) is 7.91. The minimum atomic E-state index is -0.374. The monoisotopic (exact) mass is 494 g/mol. The van der Waals surface area contributed by atoms with Crippen LogP contribution >= 0.6 is 35.3 Å². The number of fused-ring (bicyclic) bond motifs is 1. The number of ether oxygens (including phenoxy) is 1. The van der Waals surface area contributed by atoms with Crippen LogP contribution in [0.1, 0.15) is 21.5 Å². The number of carbonyl (C=O) groups excluding carboxylic acids is 1. The lowest BCUT2D eigenvalue weighted by atomic mass is 10.1. The van der Waals surface area contributed by atoms with Crippen molar-refractivity contribution in [2.75, 3.05) is 7.11 Å². The zero-order chi connectivity index (χ0) is 18.4. The predicted molar refractivity (Wildman–Crippen MR) is 121 cm³/mol. The van der Waals surface area contributed by atoms with Gasteiger partial charge in [0, 0.05) is 27.6 Å². The van der Waals surface area contributed by atoms with E-state index in [1.54, 1.807) is 35.8 Å². The summed E-state index contributed by atoms with van der Waals surface area (Å²) in [4.78, 5) is 11.5. The molecule has 0 saturated heterocycles. The maximum absolute atomic E-state index is 11.5. The summed E-state index contributed by atoms with van der Waals surface area (Å²) in [5, 5.41) is 14.1. The van der Waals surface area contributed by atoms with Crippen LogP contribution in [-0.2, 0) is 11.3 Å². The van der Waals surface area contributed by atoms with Gasteiger partial charge in [-0.2, -0.15) is 5.10 Å². The summed E-state index contributed by atoms with van der Waals surface area (Å²) in [5.74, 6) is -0.176. The highest BCUT2D eigenvalue weighted by Crippen LogP contribution is 2.24. The van der Waals surface area contributed by atoms with Gasteiger partial charge in [0.1, 0.15) is 0 Å². The second-order valence-corrected chi connectivity index (χ2v) is 6.37. The number of hydrogen-bond acceptors (Lipinski definition) is 5. The van der Waals surface area contributed by atoms with Crippen molar-refractivity contribution < 1.29 is 9.53 Å². The topological polar surface area (TPSA) is 89.1 Å². The van der Waals surface area contributed by atoms with E-state index in [4.69, 9.17) is 10.5 Å². The lowest BCUT2D eigenvalue weighted by Crippen LogP contribution is -2.30. The molecule has 0 unspecified atom stereocenters. The highest BCUT2D eigenvalue weighted by Gasteiger charge is 2.05. The maximum atomic E-state index is 11.5. The minimum absolute atomic E-state index is 0. The number of hydrogen-bond donors (Lipinski definition) is 2. The molecule has 0 aliphatic carbocycles. The Morgan fingerprint density at radius 2 is 2.07 bits per heavy atom.